The van der Waals surface area contributed by atoms with Gasteiger partial charge in [-0.3, -0.25) is 9.20 Å². The van der Waals surface area contributed by atoms with Gasteiger partial charge in [0.15, 0.2) is 11.4 Å². The number of carbonyl (C=O) groups is 2. The van der Waals surface area contributed by atoms with Crippen LogP contribution < -0.4 is 14.8 Å². The van der Waals surface area contributed by atoms with Gasteiger partial charge in [0.05, 0.1) is 17.3 Å². The summed E-state index contributed by atoms with van der Waals surface area (Å²) in [5.74, 6) is -1.97. The number of nitrogens with one attached hydrogen (secondary N) is 1. The van der Waals surface area contributed by atoms with Gasteiger partial charge in [-0.1, -0.05) is 6.07 Å². The van der Waals surface area contributed by atoms with Gasteiger partial charge >= 0.3 is 6.09 Å². The summed E-state index contributed by atoms with van der Waals surface area (Å²) in [5, 5.41) is 12.7. The summed E-state index contributed by atoms with van der Waals surface area (Å²) >= 11 is 0. The van der Waals surface area contributed by atoms with Gasteiger partial charge in [-0.05, 0) is 76.2 Å². The van der Waals surface area contributed by atoms with Crippen LogP contribution in [0.2, 0.25) is 0 Å². The van der Waals surface area contributed by atoms with Crippen molar-refractivity contribution in [3.63, 3.8) is 0 Å². The Balaban J connectivity index is 1.59. The number of hydrogen-bond acceptors (Lipinski definition) is 5. The van der Waals surface area contributed by atoms with Crippen LogP contribution in [-0.2, 0) is 6.61 Å². The molecule has 1 unspecified atom stereocenters. The minimum absolute atomic E-state index is 0.107. The Morgan fingerprint density at radius 2 is 1.69 bits per heavy atom. The van der Waals surface area contributed by atoms with E-state index in [9.17, 15) is 27.9 Å². The van der Waals surface area contributed by atoms with Crippen molar-refractivity contribution in [1.29, 1.82) is 0 Å². The Morgan fingerprint density at radius 1 is 1.02 bits per heavy atom. The molecule has 0 saturated heterocycles. The van der Waals surface area contributed by atoms with Gasteiger partial charge in [0, 0.05) is 18.3 Å². The van der Waals surface area contributed by atoms with Gasteiger partial charge in [0.1, 0.15) is 42.1 Å². The van der Waals surface area contributed by atoms with Gasteiger partial charge in [0.2, 0.25) is 0 Å². The summed E-state index contributed by atoms with van der Waals surface area (Å²) in [4.78, 5) is 31.3. The topological polar surface area (TPSA) is 105 Å². The number of carboxylic acid groups (broad SMARTS) is 1. The minimum Gasteiger partial charge on any atom is -0.491 e. The van der Waals surface area contributed by atoms with Crippen LogP contribution in [-0.4, -0.2) is 56.1 Å². The van der Waals surface area contributed by atoms with E-state index in [4.69, 9.17) is 9.47 Å². The third kappa shape index (κ3) is 6.93. The molecule has 222 valence electrons. The molecule has 2 amide bonds. The van der Waals surface area contributed by atoms with Crippen LogP contribution in [0.25, 0.3) is 5.65 Å². The summed E-state index contributed by atoms with van der Waals surface area (Å²) in [6.07, 6.45) is 0.409. The number of amides is 2. The monoisotopic (exact) mass is 584 g/mol. The van der Waals surface area contributed by atoms with Crippen molar-refractivity contribution in [2.75, 3.05) is 13.2 Å². The van der Waals surface area contributed by atoms with Crippen molar-refractivity contribution in [2.45, 2.75) is 45.9 Å². The number of rotatable bonds is 10. The number of benzene rings is 2. The molecular formula is C30H31F3N4O5. The lowest BCUT2D eigenvalue weighted by atomic mass is 10.1. The second kappa shape index (κ2) is 12.4. The number of pyridine rings is 1. The number of carbonyl (C=O) groups excluding carboxylic acids is 1. The molecule has 0 fully saturated rings. The summed E-state index contributed by atoms with van der Waals surface area (Å²) in [6, 6.07) is 11.2. The molecule has 1 atom stereocenters. The van der Waals surface area contributed by atoms with Gasteiger partial charge in [-0.2, -0.15) is 0 Å². The predicted octanol–water partition coefficient (Wildman–Crippen LogP) is 5.59. The first kappa shape index (κ1) is 30.2. The van der Waals surface area contributed by atoms with Crippen molar-refractivity contribution in [3.05, 3.63) is 95.2 Å². The number of halogens is 3. The average molecular weight is 585 g/mol. The number of fused-ring (bicyclic) bond motifs is 1. The maximum atomic E-state index is 14.1. The van der Waals surface area contributed by atoms with Crippen LogP contribution in [0.1, 0.15) is 42.5 Å². The van der Waals surface area contributed by atoms with Crippen LogP contribution in [0.3, 0.4) is 0 Å². The third-order valence-corrected chi connectivity index (χ3v) is 6.48. The van der Waals surface area contributed by atoms with Crippen LogP contribution >= 0.6 is 0 Å². The zero-order valence-electron chi connectivity index (χ0n) is 23.5. The van der Waals surface area contributed by atoms with Crippen LogP contribution in [0.5, 0.6) is 11.5 Å². The summed E-state index contributed by atoms with van der Waals surface area (Å²) in [5.41, 5.74) is -0.292. The SMILES string of the molecule is Cc1nc2c(OCc3c(F)cccc3F)cccn2c1C(=O)NC(COc1ccc(F)cc1)CN(C(=O)O)C(C)(C)C. The maximum absolute atomic E-state index is 14.1. The molecule has 0 bridgehead atoms. The molecule has 4 aromatic rings. The van der Waals surface area contributed by atoms with Gasteiger partial charge in [0.25, 0.3) is 5.91 Å². The summed E-state index contributed by atoms with van der Waals surface area (Å²) < 4.78 is 54.5. The van der Waals surface area contributed by atoms with E-state index in [1.165, 1.54) is 39.6 Å². The van der Waals surface area contributed by atoms with Gasteiger partial charge in [-0.25, -0.2) is 22.9 Å². The fourth-order valence-electron chi connectivity index (χ4n) is 4.34. The molecular weight excluding hydrogens is 553 g/mol. The lowest BCUT2D eigenvalue weighted by molar-refractivity contribution is 0.0764. The lowest BCUT2D eigenvalue weighted by Gasteiger charge is -2.36. The van der Waals surface area contributed by atoms with E-state index in [0.29, 0.717) is 11.4 Å². The number of nitrogens with zero attached hydrogens (tertiary/aromatic N) is 3. The molecule has 2 aromatic heterocycles. The zero-order valence-corrected chi connectivity index (χ0v) is 23.5. The molecule has 0 radical (unpaired) electrons. The molecule has 0 aliphatic rings. The van der Waals surface area contributed by atoms with Crippen molar-refractivity contribution in [3.8, 4) is 11.5 Å². The van der Waals surface area contributed by atoms with Crippen molar-refractivity contribution in [1.82, 2.24) is 19.6 Å². The molecule has 4 rings (SSSR count). The van der Waals surface area contributed by atoms with Gasteiger partial charge in [-0.15, -0.1) is 0 Å². The minimum atomic E-state index is -1.18. The van der Waals surface area contributed by atoms with Crippen molar-refractivity contribution in [2.24, 2.45) is 0 Å². The summed E-state index contributed by atoms with van der Waals surface area (Å²) in [7, 11) is 0. The molecule has 0 spiro atoms. The van der Waals surface area contributed by atoms with E-state index in [2.05, 4.69) is 10.3 Å². The largest absolute Gasteiger partial charge is 0.491 e. The van der Waals surface area contributed by atoms with Crippen LogP contribution in [0.15, 0.2) is 60.8 Å². The molecule has 2 aromatic carbocycles. The first-order valence-corrected chi connectivity index (χ1v) is 13.1. The van der Waals surface area contributed by atoms with Crippen molar-refractivity contribution < 1.29 is 37.3 Å². The Morgan fingerprint density at radius 3 is 2.31 bits per heavy atom. The lowest BCUT2D eigenvalue weighted by Crippen LogP contribution is -2.54. The highest BCUT2D eigenvalue weighted by atomic mass is 19.1. The fourth-order valence-corrected chi connectivity index (χ4v) is 4.34. The Labute approximate surface area is 240 Å². The average Bonchev–Trinajstić information content (AvgIpc) is 3.26. The number of imidazole rings is 1. The smallest absolute Gasteiger partial charge is 0.407 e. The second-order valence-corrected chi connectivity index (χ2v) is 10.6. The molecule has 9 nitrogen and oxygen atoms in total. The van der Waals surface area contributed by atoms with E-state index < -0.39 is 47.6 Å². The highest BCUT2D eigenvalue weighted by Gasteiger charge is 2.31. The Hall–Kier alpha value is -4.74. The molecule has 12 heteroatoms. The molecule has 0 aliphatic carbocycles. The molecule has 2 N–H and O–H groups in total. The number of ether oxygens (including phenoxy) is 2. The van der Waals surface area contributed by atoms with E-state index >= 15 is 0 Å². The standard InChI is InChI=1S/C30H31F3N4O5/c1-18-26(36-14-6-9-25(27(36)34-18)42-17-22-23(32)7-5-8-24(22)33)28(38)35-20(15-37(29(39)40)30(2,3)4)16-41-21-12-10-19(31)11-13-21/h5-14,20H,15-17H2,1-4H3,(H,35,38)(H,39,40). The maximum Gasteiger partial charge on any atom is 0.407 e. The highest BCUT2D eigenvalue weighted by Crippen LogP contribution is 2.25. The number of aromatic nitrogens is 2. The normalized spacial score (nSPS) is 12.2. The van der Waals surface area contributed by atoms with E-state index in [1.807, 2.05) is 0 Å². The van der Waals surface area contributed by atoms with Gasteiger partial charge < -0.3 is 24.8 Å². The second-order valence-electron chi connectivity index (χ2n) is 10.6. The zero-order chi connectivity index (χ0) is 30.6. The fraction of sp³-hybridized carbons (Fsp3) is 0.300. The first-order chi connectivity index (χ1) is 19.8. The predicted molar refractivity (Wildman–Crippen MR) is 148 cm³/mol. The molecule has 2 heterocycles. The Bertz CT molecular complexity index is 1560. The van der Waals surface area contributed by atoms with E-state index in [-0.39, 0.29) is 35.8 Å². The van der Waals surface area contributed by atoms with E-state index in [1.54, 1.807) is 46.0 Å². The third-order valence-electron chi connectivity index (χ3n) is 6.48. The number of hydrogen-bond donors (Lipinski definition) is 2. The molecule has 0 aliphatic heterocycles. The van der Waals surface area contributed by atoms with Crippen LogP contribution in [0, 0.1) is 24.4 Å². The first-order valence-electron chi connectivity index (χ1n) is 13.1. The van der Waals surface area contributed by atoms with Crippen LogP contribution in [0.4, 0.5) is 18.0 Å². The van der Waals surface area contributed by atoms with Crippen molar-refractivity contribution >= 4 is 17.6 Å². The summed E-state index contributed by atoms with van der Waals surface area (Å²) in [6.45, 7) is 6.18. The molecule has 42 heavy (non-hydrogen) atoms. The molecule has 0 saturated carbocycles. The van der Waals surface area contributed by atoms with E-state index in [0.717, 1.165) is 12.1 Å². The highest BCUT2D eigenvalue weighted by molar-refractivity contribution is 5.95. The number of aryl methyl sites for hydroxylation is 1. The Kier molecular flexibility index (Phi) is 8.93. The quantitative estimate of drug-likeness (QED) is 0.252.